The molecule has 0 spiro atoms. The van der Waals surface area contributed by atoms with E-state index in [9.17, 15) is 27.9 Å². The molecule has 0 aliphatic carbocycles. The zero-order valence-electron chi connectivity index (χ0n) is 14.1. The third kappa shape index (κ3) is 4.12. The van der Waals surface area contributed by atoms with Gasteiger partial charge in [0, 0.05) is 18.0 Å². The molecule has 0 fully saturated rings. The molecule has 0 aromatic heterocycles. The SMILES string of the molecule is CCOC(=O)C1=C(O)CN(C(=O)c2ccc(Cl)c(C(F)(F)F)c2)[C@H](C)C1. The summed E-state index contributed by atoms with van der Waals surface area (Å²) in [6.07, 6.45) is -4.66. The molecule has 1 amide bonds. The Balaban J connectivity index is 2.30. The molecule has 9 heteroatoms. The van der Waals surface area contributed by atoms with Crippen LogP contribution in [-0.4, -0.2) is 41.1 Å². The summed E-state index contributed by atoms with van der Waals surface area (Å²) in [5, 5.41) is 9.56. The maximum Gasteiger partial charge on any atom is 0.417 e. The van der Waals surface area contributed by atoms with E-state index in [0.717, 1.165) is 6.07 Å². The molecule has 1 N–H and O–H groups in total. The average molecular weight is 392 g/mol. The summed E-state index contributed by atoms with van der Waals surface area (Å²) in [6, 6.07) is 2.36. The van der Waals surface area contributed by atoms with E-state index in [1.165, 1.54) is 11.0 Å². The quantitative estimate of drug-likeness (QED) is 0.792. The maximum absolute atomic E-state index is 13.0. The number of carbonyl (C=O) groups is 2. The van der Waals surface area contributed by atoms with Gasteiger partial charge in [-0.1, -0.05) is 11.6 Å². The Morgan fingerprint density at radius 1 is 1.38 bits per heavy atom. The average Bonchev–Trinajstić information content (AvgIpc) is 2.55. The zero-order valence-corrected chi connectivity index (χ0v) is 14.8. The van der Waals surface area contributed by atoms with Crippen LogP contribution in [0.1, 0.15) is 36.2 Å². The van der Waals surface area contributed by atoms with E-state index < -0.39 is 34.7 Å². The van der Waals surface area contributed by atoms with Gasteiger partial charge in [0.05, 0.1) is 29.3 Å². The fourth-order valence-electron chi connectivity index (χ4n) is 2.67. The Morgan fingerprint density at radius 2 is 2.04 bits per heavy atom. The van der Waals surface area contributed by atoms with Crippen LogP contribution in [0.3, 0.4) is 0 Å². The molecule has 26 heavy (non-hydrogen) atoms. The minimum atomic E-state index is -4.69. The first-order valence-electron chi connectivity index (χ1n) is 7.82. The number of halogens is 4. The molecule has 1 aliphatic heterocycles. The van der Waals surface area contributed by atoms with E-state index in [-0.39, 0.29) is 36.5 Å². The Kier molecular flexibility index (Phi) is 5.85. The van der Waals surface area contributed by atoms with Crippen molar-refractivity contribution in [2.75, 3.05) is 13.2 Å². The molecular weight excluding hydrogens is 375 g/mol. The Bertz CT molecular complexity index is 761. The summed E-state index contributed by atoms with van der Waals surface area (Å²) < 4.78 is 43.8. The lowest BCUT2D eigenvalue weighted by atomic mass is 9.98. The number of nitrogens with zero attached hydrogens (tertiary/aromatic N) is 1. The highest BCUT2D eigenvalue weighted by Gasteiger charge is 2.36. The standard InChI is InChI=1S/C17H17ClF3NO4/c1-3-26-16(25)11-6-9(2)22(8-14(11)23)15(24)10-4-5-13(18)12(7-10)17(19,20)21/h4-5,7,9,23H,3,6,8H2,1-2H3/t9-/m1/s1. The molecule has 0 saturated carbocycles. The number of aliphatic hydroxyl groups excluding tert-OH is 1. The van der Waals surface area contributed by atoms with E-state index in [0.29, 0.717) is 6.07 Å². The van der Waals surface area contributed by atoms with Crippen molar-refractivity contribution in [3.05, 3.63) is 45.7 Å². The molecule has 1 aromatic rings. The minimum absolute atomic E-state index is 0.0378. The van der Waals surface area contributed by atoms with Crippen molar-refractivity contribution in [1.82, 2.24) is 4.90 Å². The number of ether oxygens (including phenoxy) is 1. The van der Waals surface area contributed by atoms with Crippen LogP contribution >= 0.6 is 11.6 Å². The molecule has 1 atom stereocenters. The lowest BCUT2D eigenvalue weighted by Gasteiger charge is -2.34. The van der Waals surface area contributed by atoms with Crippen LogP contribution in [0.5, 0.6) is 0 Å². The third-order valence-corrected chi connectivity index (χ3v) is 4.33. The van der Waals surface area contributed by atoms with Gasteiger partial charge in [0.25, 0.3) is 5.91 Å². The zero-order chi connectivity index (χ0) is 19.6. The van der Waals surface area contributed by atoms with Crippen LogP contribution in [0.15, 0.2) is 29.5 Å². The molecule has 0 unspecified atom stereocenters. The van der Waals surface area contributed by atoms with Gasteiger partial charge in [0.15, 0.2) is 0 Å². The summed E-state index contributed by atoms with van der Waals surface area (Å²) in [5.41, 5.74) is -1.25. The van der Waals surface area contributed by atoms with Crippen molar-refractivity contribution in [2.45, 2.75) is 32.5 Å². The van der Waals surface area contributed by atoms with E-state index in [2.05, 4.69) is 0 Å². The van der Waals surface area contributed by atoms with Gasteiger partial charge in [0.1, 0.15) is 5.76 Å². The summed E-state index contributed by atoms with van der Waals surface area (Å²) >= 11 is 5.56. The third-order valence-electron chi connectivity index (χ3n) is 4.00. The number of benzene rings is 1. The first kappa shape index (κ1) is 20.1. The topological polar surface area (TPSA) is 66.8 Å². The van der Waals surface area contributed by atoms with E-state index >= 15 is 0 Å². The number of carbonyl (C=O) groups excluding carboxylic acids is 2. The predicted octanol–water partition coefficient (Wildman–Crippen LogP) is 3.97. The van der Waals surface area contributed by atoms with Gasteiger partial charge in [-0.05, 0) is 32.0 Å². The fraction of sp³-hybridized carbons (Fsp3) is 0.412. The number of amides is 1. The number of alkyl halides is 3. The molecule has 1 heterocycles. The highest BCUT2D eigenvalue weighted by molar-refractivity contribution is 6.31. The van der Waals surface area contributed by atoms with E-state index in [1.54, 1.807) is 13.8 Å². The fourth-order valence-corrected chi connectivity index (χ4v) is 2.89. The molecule has 0 radical (unpaired) electrons. The first-order valence-corrected chi connectivity index (χ1v) is 8.19. The smallest absolute Gasteiger partial charge is 0.417 e. The van der Waals surface area contributed by atoms with Crippen molar-refractivity contribution in [2.24, 2.45) is 0 Å². The second-order valence-electron chi connectivity index (χ2n) is 5.82. The lowest BCUT2D eigenvalue weighted by molar-refractivity contribution is -0.139. The van der Waals surface area contributed by atoms with Gasteiger partial charge >= 0.3 is 12.1 Å². The Hall–Kier alpha value is -2.22. The molecule has 2 rings (SSSR count). The summed E-state index contributed by atoms with van der Waals surface area (Å²) in [5.74, 6) is -1.70. The lowest BCUT2D eigenvalue weighted by Crippen LogP contribution is -2.44. The molecule has 1 aromatic carbocycles. The minimum Gasteiger partial charge on any atom is -0.510 e. The molecule has 0 saturated heterocycles. The second-order valence-corrected chi connectivity index (χ2v) is 6.23. The number of hydrogen-bond acceptors (Lipinski definition) is 4. The monoisotopic (exact) mass is 391 g/mol. The maximum atomic E-state index is 13.0. The largest absolute Gasteiger partial charge is 0.510 e. The number of rotatable bonds is 3. The summed E-state index contributed by atoms with van der Waals surface area (Å²) in [4.78, 5) is 25.6. The highest BCUT2D eigenvalue weighted by Crippen LogP contribution is 2.35. The van der Waals surface area contributed by atoms with E-state index in [1.807, 2.05) is 0 Å². The van der Waals surface area contributed by atoms with Crippen LogP contribution in [0, 0.1) is 0 Å². The van der Waals surface area contributed by atoms with Gasteiger partial charge < -0.3 is 14.7 Å². The van der Waals surface area contributed by atoms with Gasteiger partial charge in [-0.25, -0.2) is 4.79 Å². The molecule has 5 nitrogen and oxygen atoms in total. The van der Waals surface area contributed by atoms with Gasteiger partial charge in [-0.3, -0.25) is 4.79 Å². The van der Waals surface area contributed by atoms with Crippen LogP contribution in [0.4, 0.5) is 13.2 Å². The van der Waals surface area contributed by atoms with Gasteiger partial charge in [-0.2, -0.15) is 13.2 Å². The summed E-state index contributed by atoms with van der Waals surface area (Å²) in [7, 11) is 0. The number of aliphatic hydroxyl groups is 1. The van der Waals surface area contributed by atoms with Crippen molar-refractivity contribution in [3.8, 4) is 0 Å². The van der Waals surface area contributed by atoms with Crippen molar-refractivity contribution in [3.63, 3.8) is 0 Å². The van der Waals surface area contributed by atoms with Crippen molar-refractivity contribution in [1.29, 1.82) is 0 Å². The summed E-state index contributed by atoms with van der Waals surface area (Å²) in [6.45, 7) is 3.09. The van der Waals surface area contributed by atoms with Crippen molar-refractivity contribution >= 4 is 23.5 Å². The predicted molar refractivity (Wildman–Crippen MR) is 87.9 cm³/mol. The molecule has 0 bridgehead atoms. The highest BCUT2D eigenvalue weighted by atomic mass is 35.5. The van der Waals surface area contributed by atoms with Gasteiger partial charge in [-0.15, -0.1) is 0 Å². The van der Waals surface area contributed by atoms with Crippen LogP contribution in [0.2, 0.25) is 5.02 Å². The van der Waals surface area contributed by atoms with Crippen LogP contribution in [-0.2, 0) is 15.7 Å². The normalized spacial score (nSPS) is 18.1. The number of esters is 1. The molecular formula is C17H17ClF3NO4. The van der Waals surface area contributed by atoms with Gasteiger partial charge in [0.2, 0.25) is 0 Å². The second kappa shape index (κ2) is 7.57. The Morgan fingerprint density at radius 3 is 2.62 bits per heavy atom. The Labute approximate surface area is 153 Å². The van der Waals surface area contributed by atoms with Crippen molar-refractivity contribution < 1.29 is 32.6 Å². The van der Waals surface area contributed by atoms with E-state index in [4.69, 9.17) is 16.3 Å². The molecule has 142 valence electrons. The van der Waals surface area contributed by atoms with Crippen LogP contribution in [0.25, 0.3) is 0 Å². The molecule has 1 aliphatic rings. The first-order chi connectivity index (χ1) is 12.1. The number of hydrogen-bond donors (Lipinski definition) is 1. The van der Waals surface area contributed by atoms with Crippen LogP contribution < -0.4 is 0 Å².